The Labute approximate surface area is 347 Å². The topological polar surface area (TPSA) is 108 Å². The second-order valence-electron chi connectivity index (χ2n) is 17.5. The molecule has 8 nitrogen and oxygen atoms in total. The molecule has 332 valence electrons. The van der Waals surface area contributed by atoms with Crippen molar-refractivity contribution in [2.24, 2.45) is 0 Å². The lowest BCUT2D eigenvalue weighted by Crippen LogP contribution is -2.46. The fourth-order valence-electron chi connectivity index (χ4n) is 6.89. The van der Waals surface area contributed by atoms with Crippen molar-refractivity contribution in [1.82, 2.24) is 5.32 Å². The molecule has 0 aliphatic rings. The first kappa shape index (κ1) is 55.0. The molecule has 0 bridgehead atoms. The fourth-order valence-corrected chi connectivity index (χ4v) is 7.62. The van der Waals surface area contributed by atoms with Gasteiger partial charge >= 0.3 is 0 Å². The van der Waals surface area contributed by atoms with Gasteiger partial charge in [0, 0.05) is 6.42 Å². The molecular formula is C47H93N2O6P. The third kappa shape index (κ3) is 41.2. The van der Waals surface area contributed by atoms with Gasteiger partial charge in [-0.15, -0.1) is 0 Å². The van der Waals surface area contributed by atoms with Crippen LogP contribution in [0.5, 0.6) is 0 Å². The van der Waals surface area contributed by atoms with Gasteiger partial charge in [0.2, 0.25) is 5.91 Å². The zero-order valence-corrected chi connectivity index (χ0v) is 38.5. The molecule has 0 spiro atoms. The number of carbonyl (C=O) groups excluding carboxylic acids is 1. The lowest BCUT2D eigenvalue weighted by molar-refractivity contribution is -0.870. The van der Waals surface area contributed by atoms with Gasteiger partial charge in [-0.2, -0.15) is 0 Å². The van der Waals surface area contributed by atoms with E-state index in [0.29, 0.717) is 23.9 Å². The molecule has 0 rings (SSSR count). The van der Waals surface area contributed by atoms with Crippen LogP contribution in [0.25, 0.3) is 0 Å². The van der Waals surface area contributed by atoms with Gasteiger partial charge in [0.15, 0.2) is 0 Å². The Hall–Kier alpha value is -1.02. The Morgan fingerprint density at radius 3 is 1.48 bits per heavy atom. The number of hydrogen-bond acceptors (Lipinski definition) is 6. The Kier molecular flexibility index (Phi) is 38.7. The van der Waals surface area contributed by atoms with Gasteiger partial charge in [-0.3, -0.25) is 9.36 Å². The molecule has 0 saturated carbocycles. The number of aliphatic hydroxyl groups is 1. The summed E-state index contributed by atoms with van der Waals surface area (Å²) in [4.78, 5) is 25.4. The number of aliphatic hydroxyl groups excluding tert-OH is 1. The van der Waals surface area contributed by atoms with Crippen molar-refractivity contribution >= 4 is 13.7 Å². The molecule has 0 aliphatic carbocycles. The number of carbonyl (C=O) groups is 1. The number of phosphoric acid groups is 1. The van der Waals surface area contributed by atoms with Crippen LogP contribution in [0.1, 0.15) is 219 Å². The predicted molar refractivity (Wildman–Crippen MR) is 238 cm³/mol. The van der Waals surface area contributed by atoms with E-state index < -0.39 is 20.0 Å². The number of nitrogens with one attached hydrogen (secondary N) is 1. The van der Waals surface area contributed by atoms with Gasteiger partial charge in [0.1, 0.15) is 13.2 Å². The van der Waals surface area contributed by atoms with Crippen molar-refractivity contribution < 1.29 is 32.9 Å². The number of rotatable bonds is 43. The summed E-state index contributed by atoms with van der Waals surface area (Å²) in [6, 6.07) is -0.800. The fraction of sp³-hybridized carbons (Fsp3) is 0.894. The SMILES string of the molecule is CCCCCCC/C=C\C/C=C\CCCCCCCCCCCC(=O)NC(COP(=O)([O-])OCC[N+](C)(C)C)C(O)CCCCCCCCCCCCCCC. The van der Waals surface area contributed by atoms with Gasteiger partial charge in [0.25, 0.3) is 7.82 Å². The lowest BCUT2D eigenvalue weighted by Gasteiger charge is -2.30. The smallest absolute Gasteiger partial charge is 0.268 e. The molecule has 3 atom stereocenters. The number of unbranched alkanes of at least 4 members (excludes halogenated alkanes) is 26. The molecule has 0 aromatic carbocycles. The molecule has 2 N–H and O–H groups in total. The number of hydrogen-bond donors (Lipinski definition) is 2. The first-order valence-electron chi connectivity index (χ1n) is 23.7. The normalized spacial score (nSPS) is 14.5. The van der Waals surface area contributed by atoms with Crippen LogP contribution in [0.15, 0.2) is 24.3 Å². The molecule has 0 radical (unpaired) electrons. The summed E-state index contributed by atoms with van der Waals surface area (Å²) in [6.07, 6.45) is 46.0. The van der Waals surface area contributed by atoms with E-state index >= 15 is 0 Å². The standard InChI is InChI=1S/C47H93N2O6P/c1-6-8-10-12-14-16-18-20-21-22-23-24-25-26-27-29-31-33-35-37-39-41-47(51)48-45(44-55-56(52,53)54-43-42-49(3,4)5)46(50)40-38-36-34-32-30-28-19-17-15-13-11-9-7-2/h18,20,22-23,45-46,50H,6-17,19,21,24-44H2,1-5H3,(H-,48,51,52,53)/b20-18-,23-22-. The summed E-state index contributed by atoms with van der Waals surface area (Å²) in [5, 5.41) is 13.9. The second-order valence-corrected chi connectivity index (χ2v) is 18.9. The average molecular weight is 813 g/mol. The minimum Gasteiger partial charge on any atom is -0.756 e. The van der Waals surface area contributed by atoms with Gasteiger partial charge in [-0.05, 0) is 44.9 Å². The zero-order chi connectivity index (χ0) is 41.4. The molecule has 56 heavy (non-hydrogen) atoms. The van der Waals surface area contributed by atoms with E-state index in [-0.39, 0.29) is 19.1 Å². The van der Waals surface area contributed by atoms with Crippen LogP contribution in [-0.2, 0) is 18.4 Å². The third-order valence-electron chi connectivity index (χ3n) is 10.7. The first-order valence-corrected chi connectivity index (χ1v) is 25.1. The van der Waals surface area contributed by atoms with Crippen LogP contribution >= 0.6 is 7.82 Å². The number of quaternary nitrogens is 1. The van der Waals surface area contributed by atoms with Crippen LogP contribution in [0.4, 0.5) is 0 Å². The van der Waals surface area contributed by atoms with Crippen molar-refractivity contribution in [3.63, 3.8) is 0 Å². The Balaban J connectivity index is 4.28. The van der Waals surface area contributed by atoms with Crippen molar-refractivity contribution in [2.75, 3.05) is 40.9 Å². The Morgan fingerprint density at radius 1 is 0.625 bits per heavy atom. The molecule has 0 saturated heterocycles. The van der Waals surface area contributed by atoms with Crippen LogP contribution in [0.3, 0.4) is 0 Å². The largest absolute Gasteiger partial charge is 0.756 e. The maximum absolute atomic E-state index is 12.9. The van der Waals surface area contributed by atoms with Gasteiger partial charge in [-0.1, -0.05) is 192 Å². The zero-order valence-electron chi connectivity index (χ0n) is 37.6. The summed E-state index contributed by atoms with van der Waals surface area (Å²) in [7, 11) is 1.30. The monoisotopic (exact) mass is 813 g/mol. The summed E-state index contributed by atoms with van der Waals surface area (Å²) in [6.45, 7) is 4.71. The van der Waals surface area contributed by atoms with Crippen molar-refractivity contribution in [3.8, 4) is 0 Å². The van der Waals surface area contributed by atoms with E-state index in [4.69, 9.17) is 9.05 Å². The first-order chi connectivity index (χ1) is 27.0. The predicted octanol–water partition coefficient (Wildman–Crippen LogP) is 12.7. The van der Waals surface area contributed by atoms with Crippen LogP contribution < -0.4 is 10.2 Å². The third-order valence-corrected chi connectivity index (χ3v) is 11.7. The maximum Gasteiger partial charge on any atom is 0.268 e. The highest BCUT2D eigenvalue weighted by Crippen LogP contribution is 2.38. The van der Waals surface area contributed by atoms with E-state index in [1.807, 2.05) is 21.1 Å². The van der Waals surface area contributed by atoms with Crippen LogP contribution in [-0.4, -0.2) is 68.5 Å². The van der Waals surface area contributed by atoms with Crippen LogP contribution in [0.2, 0.25) is 0 Å². The molecule has 0 aromatic heterocycles. The van der Waals surface area contributed by atoms with Crippen molar-refractivity contribution in [2.45, 2.75) is 231 Å². The van der Waals surface area contributed by atoms with E-state index in [1.165, 1.54) is 148 Å². The molecular weight excluding hydrogens is 719 g/mol. The average Bonchev–Trinajstić information content (AvgIpc) is 3.15. The van der Waals surface area contributed by atoms with Gasteiger partial charge < -0.3 is 28.8 Å². The quantitative estimate of drug-likeness (QED) is 0.0275. The van der Waals surface area contributed by atoms with E-state index in [0.717, 1.165) is 44.9 Å². The summed E-state index contributed by atoms with van der Waals surface area (Å²) in [5.74, 6) is -0.169. The molecule has 0 aromatic rings. The van der Waals surface area contributed by atoms with E-state index in [2.05, 4.69) is 43.5 Å². The molecule has 0 fully saturated rings. The number of phosphoric ester groups is 1. The molecule has 3 unspecified atom stereocenters. The number of likely N-dealkylation sites (N-methyl/N-ethyl adjacent to an activating group) is 1. The number of allylic oxidation sites excluding steroid dienone is 4. The highest BCUT2D eigenvalue weighted by atomic mass is 31.2. The lowest BCUT2D eigenvalue weighted by atomic mass is 10.0. The molecule has 9 heteroatoms. The second kappa shape index (κ2) is 39.4. The highest BCUT2D eigenvalue weighted by molar-refractivity contribution is 7.45. The Bertz CT molecular complexity index is 969. The number of amides is 1. The minimum absolute atomic E-state index is 0.0120. The van der Waals surface area contributed by atoms with Gasteiger partial charge in [0.05, 0.1) is 39.9 Å². The van der Waals surface area contributed by atoms with Crippen LogP contribution in [0, 0.1) is 0 Å². The van der Waals surface area contributed by atoms with Crippen molar-refractivity contribution in [3.05, 3.63) is 24.3 Å². The maximum atomic E-state index is 12.9. The van der Waals surface area contributed by atoms with E-state index in [9.17, 15) is 19.4 Å². The summed E-state index contributed by atoms with van der Waals surface area (Å²) in [5.41, 5.74) is 0. The molecule has 0 aliphatic heterocycles. The summed E-state index contributed by atoms with van der Waals surface area (Å²) >= 11 is 0. The van der Waals surface area contributed by atoms with E-state index in [1.54, 1.807) is 0 Å². The summed E-state index contributed by atoms with van der Waals surface area (Å²) < 4.78 is 23.3. The molecule has 1 amide bonds. The Morgan fingerprint density at radius 2 is 1.04 bits per heavy atom. The highest BCUT2D eigenvalue weighted by Gasteiger charge is 2.24. The number of nitrogens with zero attached hydrogens (tertiary/aromatic N) is 1. The van der Waals surface area contributed by atoms with Gasteiger partial charge in [-0.25, -0.2) is 0 Å². The molecule has 0 heterocycles. The van der Waals surface area contributed by atoms with Crippen molar-refractivity contribution in [1.29, 1.82) is 0 Å². The minimum atomic E-state index is -4.56.